The molecule has 0 heterocycles. The Hall–Kier alpha value is -2.24. The molecule has 5 nitrogen and oxygen atoms in total. The van der Waals surface area contributed by atoms with Gasteiger partial charge in [-0.25, -0.2) is 0 Å². The lowest BCUT2D eigenvalue weighted by atomic mass is 10.2. The van der Waals surface area contributed by atoms with Gasteiger partial charge in [-0.15, -0.1) is 0 Å². The smallest absolute Gasteiger partial charge is 0.251 e. The Labute approximate surface area is 156 Å². The minimum absolute atomic E-state index is 0.0405. The van der Waals surface area contributed by atoms with Crippen molar-refractivity contribution in [1.29, 1.82) is 0 Å². The number of carbonyl (C=O) groups is 2. The Morgan fingerprint density at radius 2 is 1.76 bits per heavy atom. The summed E-state index contributed by atoms with van der Waals surface area (Å²) in [6.07, 6.45) is 0.878. The molecule has 0 spiro atoms. The highest BCUT2D eigenvalue weighted by molar-refractivity contribution is 6.43. The van der Waals surface area contributed by atoms with Crippen LogP contribution < -0.4 is 16.0 Å². The topological polar surface area (TPSA) is 70.2 Å². The Morgan fingerprint density at radius 3 is 2.44 bits per heavy atom. The maximum Gasteiger partial charge on any atom is 0.251 e. The van der Waals surface area contributed by atoms with Crippen molar-refractivity contribution in [2.24, 2.45) is 0 Å². The van der Waals surface area contributed by atoms with Crippen LogP contribution in [0, 0.1) is 0 Å². The molecule has 2 amide bonds. The highest BCUT2D eigenvalue weighted by Gasteiger charge is 2.08. The molecule has 0 radical (unpaired) electrons. The number of carbonyl (C=O) groups excluding carboxylic acids is 2. The van der Waals surface area contributed by atoms with E-state index in [9.17, 15) is 9.59 Å². The molecule has 0 bridgehead atoms. The normalized spacial score (nSPS) is 10.2. The summed E-state index contributed by atoms with van der Waals surface area (Å²) in [4.78, 5) is 23.8. The van der Waals surface area contributed by atoms with Crippen LogP contribution in [0.25, 0.3) is 0 Å². The fourth-order valence-corrected chi connectivity index (χ4v) is 2.43. The third kappa shape index (κ3) is 5.66. The van der Waals surface area contributed by atoms with E-state index in [0.29, 0.717) is 33.5 Å². The van der Waals surface area contributed by atoms with Crippen molar-refractivity contribution in [2.75, 3.05) is 23.7 Å². The highest BCUT2D eigenvalue weighted by atomic mass is 35.5. The van der Waals surface area contributed by atoms with Crippen LogP contribution in [0.15, 0.2) is 42.5 Å². The van der Waals surface area contributed by atoms with Crippen LogP contribution in [-0.4, -0.2) is 24.9 Å². The van der Waals surface area contributed by atoms with E-state index in [1.165, 1.54) is 0 Å². The monoisotopic (exact) mass is 379 g/mol. The first-order valence-electron chi connectivity index (χ1n) is 7.87. The number of hydrogen-bond acceptors (Lipinski definition) is 3. The van der Waals surface area contributed by atoms with Gasteiger partial charge in [0, 0.05) is 17.8 Å². The van der Waals surface area contributed by atoms with Crippen molar-refractivity contribution < 1.29 is 9.59 Å². The lowest BCUT2D eigenvalue weighted by molar-refractivity contribution is -0.114. The molecular formula is C18H19Cl2N3O2. The molecule has 0 saturated carbocycles. The van der Waals surface area contributed by atoms with Crippen LogP contribution in [-0.2, 0) is 4.79 Å². The maximum atomic E-state index is 12.0. The predicted octanol–water partition coefficient (Wildman–Crippen LogP) is 4.18. The Kier molecular flexibility index (Phi) is 7.10. The molecule has 2 aromatic rings. The van der Waals surface area contributed by atoms with Crippen LogP contribution in [0.5, 0.6) is 0 Å². The van der Waals surface area contributed by atoms with E-state index in [4.69, 9.17) is 23.2 Å². The van der Waals surface area contributed by atoms with Crippen LogP contribution in [0.3, 0.4) is 0 Å². The van der Waals surface area contributed by atoms with E-state index in [0.717, 1.165) is 6.42 Å². The zero-order valence-corrected chi connectivity index (χ0v) is 15.2. The molecule has 0 aliphatic rings. The molecule has 2 rings (SSSR count). The molecule has 0 fully saturated rings. The Bertz CT molecular complexity index is 748. The second-order valence-electron chi connectivity index (χ2n) is 5.34. The van der Waals surface area contributed by atoms with Gasteiger partial charge < -0.3 is 16.0 Å². The molecule has 0 aliphatic carbocycles. The minimum atomic E-state index is -0.237. The molecule has 7 heteroatoms. The van der Waals surface area contributed by atoms with Gasteiger partial charge in [-0.2, -0.15) is 0 Å². The van der Waals surface area contributed by atoms with Crippen molar-refractivity contribution >= 4 is 46.4 Å². The molecule has 0 atom stereocenters. The van der Waals surface area contributed by atoms with Crippen molar-refractivity contribution in [2.45, 2.75) is 13.3 Å². The van der Waals surface area contributed by atoms with Gasteiger partial charge in [-0.05, 0) is 42.8 Å². The molecule has 2 aromatic carbocycles. The van der Waals surface area contributed by atoms with Crippen LogP contribution in [0.2, 0.25) is 10.0 Å². The van der Waals surface area contributed by atoms with Gasteiger partial charge in [0.05, 0.1) is 22.3 Å². The van der Waals surface area contributed by atoms with Gasteiger partial charge in [-0.1, -0.05) is 36.2 Å². The Balaban J connectivity index is 1.88. The summed E-state index contributed by atoms with van der Waals surface area (Å²) in [6, 6.07) is 11.9. The van der Waals surface area contributed by atoms with E-state index in [1.807, 2.05) is 6.92 Å². The predicted molar refractivity (Wildman–Crippen MR) is 103 cm³/mol. The van der Waals surface area contributed by atoms with Gasteiger partial charge in [-0.3, -0.25) is 9.59 Å². The first-order chi connectivity index (χ1) is 12.0. The fourth-order valence-electron chi connectivity index (χ4n) is 2.07. The lowest BCUT2D eigenvalue weighted by Crippen LogP contribution is -2.24. The number of benzene rings is 2. The highest BCUT2D eigenvalue weighted by Crippen LogP contribution is 2.29. The third-order valence-electron chi connectivity index (χ3n) is 3.36. The second-order valence-corrected chi connectivity index (χ2v) is 6.12. The first kappa shape index (κ1) is 19.1. The quantitative estimate of drug-likeness (QED) is 0.675. The summed E-state index contributed by atoms with van der Waals surface area (Å²) < 4.78 is 0. The molecule has 0 aliphatic heterocycles. The SMILES string of the molecule is CCCNC(=O)c1ccc(NC(=O)CNc2cccc(Cl)c2Cl)cc1. The summed E-state index contributed by atoms with van der Waals surface area (Å²) in [5.41, 5.74) is 1.75. The number of anilines is 2. The van der Waals surface area contributed by atoms with Crippen molar-refractivity contribution in [3.8, 4) is 0 Å². The van der Waals surface area contributed by atoms with Crippen LogP contribution in [0.1, 0.15) is 23.7 Å². The number of nitrogens with one attached hydrogen (secondary N) is 3. The summed E-state index contributed by atoms with van der Waals surface area (Å²) in [7, 11) is 0. The number of amides is 2. The number of halogens is 2. The molecule has 3 N–H and O–H groups in total. The standard InChI is InChI=1S/C18H19Cl2N3O2/c1-2-10-21-18(25)12-6-8-13(9-7-12)23-16(24)11-22-15-5-3-4-14(19)17(15)20/h3-9,22H,2,10-11H2,1H3,(H,21,25)(H,23,24). The molecule has 132 valence electrons. The number of rotatable bonds is 7. The summed E-state index contributed by atoms with van der Waals surface area (Å²) in [6.45, 7) is 2.66. The number of hydrogen-bond donors (Lipinski definition) is 3. The van der Waals surface area contributed by atoms with Gasteiger partial charge in [0.1, 0.15) is 0 Å². The Morgan fingerprint density at radius 1 is 1.04 bits per heavy atom. The second kappa shape index (κ2) is 9.30. The summed E-state index contributed by atoms with van der Waals surface area (Å²) in [5.74, 6) is -0.365. The van der Waals surface area contributed by atoms with E-state index in [1.54, 1.807) is 42.5 Å². The molecule has 0 aromatic heterocycles. The van der Waals surface area contributed by atoms with Gasteiger partial charge in [0.15, 0.2) is 0 Å². The molecule has 0 saturated heterocycles. The molecule has 25 heavy (non-hydrogen) atoms. The molecule has 0 unspecified atom stereocenters. The van der Waals surface area contributed by atoms with Gasteiger partial charge in [0.25, 0.3) is 5.91 Å². The summed E-state index contributed by atoms with van der Waals surface area (Å²) >= 11 is 12.0. The van der Waals surface area contributed by atoms with Crippen molar-refractivity contribution in [1.82, 2.24) is 5.32 Å². The zero-order valence-electron chi connectivity index (χ0n) is 13.7. The van der Waals surface area contributed by atoms with Gasteiger partial charge in [0.2, 0.25) is 5.91 Å². The third-order valence-corrected chi connectivity index (χ3v) is 4.18. The van der Waals surface area contributed by atoms with Crippen molar-refractivity contribution in [3.63, 3.8) is 0 Å². The average molecular weight is 380 g/mol. The minimum Gasteiger partial charge on any atom is -0.375 e. The van der Waals surface area contributed by atoms with Crippen molar-refractivity contribution in [3.05, 3.63) is 58.1 Å². The van der Waals surface area contributed by atoms with E-state index < -0.39 is 0 Å². The van der Waals surface area contributed by atoms with E-state index >= 15 is 0 Å². The van der Waals surface area contributed by atoms with Crippen LogP contribution >= 0.6 is 23.2 Å². The van der Waals surface area contributed by atoms with E-state index in [2.05, 4.69) is 16.0 Å². The largest absolute Gasteiger partial charge is 0.375 e. The lowest BCUT2D eigenvalue weighted by Gasteiger charge is -2.10. The average Bonchev–Trinajstić information content (AvgIpc) is 2.61. The first-order valence-corrected chi connectivity index (χ1v) is 8.63. The maximum absolute atomic E-state index is 12.0. The van der Waals surface area contributed by atoms with E-state index in [-0.39, 0.29) is 18.4 Å². The summed E-state index contributed by atoms with van der Waals surface area (Å²) in [5, 5.41) is 9.27. The fraction of sp³-hybridized carbons (Fsp3) is 0.222. The molecular weight excluding hydrogens is 361 g/mol. The van der Waals surface area contributed by atoms with Crippen LogP contribution in [0.4, 0.5) is 11.4 Å². The zero-order chi connectivity index (χ0) is 18.2. The van der Waals surface area contributed by atoms with Gasteiger partial charge >= 0.3 is 0 Å².